The van der Waals surface area contributed by atoms with Crippen LogP contribution in [-0.2, 0) is 21.4 Å². The van der Waals surface area contributed by atoms with Crippen molar-refractivity contribution in [3.63, 3.8) is 0 Å². The Morgan fingerprint density at radius 3 is 2.39 bits per heavy atom. The summed E-state index contributed by atoms with van der Waals surface area (Å²) < 4.78 is 38.8. The molecule has 0 aliphatic carbocycles. The molecule has 1 N–H and O–H groups in total. The first-order valence-corrected chi connectivity index (χ1v) is 12.3. The average Bonchev–Trinajstić information content (AvgIpc) is 2.86. The molecular weight excluding hydrogens is 440 g/mol. The number of piperidine rings is 1. The molecule has 0 unspecified atom stereocenters. The first-order valence-electron chi connectivity index (χ1n) is 10.9. The van der Waals surface area contributed by atoms with Crippen molar-refractivity contribution in [1.82, 2.24) is 9.62 Å². The van der Waals surface area contributed by atoms with Gasteiger partial charge < -0.3 is 14.8 Å². The summed E-state index contributed by atoms with van der Waals surface area (Å²) in [4.78, 5) is 13.2. The van der Waals surface area contributed by atoms with E-state index in [4.69, 9.17) is 9.47 Å². The number of hydrogen-bond donors (Lipinski definition) is 1. The summed E-state index contributed by atoms with van der Waals surface area (Å²) >= 11 is 0. The molecule has 0 radical (unpaired) electrons. The second-order valence-corrected chi connectivity index (χ2v) is 10.0. The molecule has 1 aliphatic rings. The van der Waals surface area contributed by atoms with E-state index in [0.717, 1.165) is 16.3 Å². The van der Waals surface area contributed by atoms with Gasteiger partial charge in [0.15, 0.2) is 0 Å². The predicted molar refractivity (Wildman–Crippen MR) is 127 cm³/mol. The lowest BCUT2D eigenvalue weighted by molar-refractivity contribution is -0.126. The fourth-order valence-corrected chi connectivity index (χ4v) is 5.83. The summed E-state index contributed by atoms with van der Waals surface area (Å²) in [5, 5.41) is 4.79. The van der Waals surface area contributed by atoms with Gasteiger partial charge in [0.25, 0.3) is 0 Å². The van der Waals surface area contributed by atoms with E-state index < -0.39 is 15.9 Å². The van der Waals surface area contributed by atoms with E-state index in [1.54, 1.807) is 26.4 Å². The highest BCUT2D eigenvalue weighted by atomic mass is 32.2. The van der Waals surface area contributed by atoms with Gasteiger partial charge in [-0.15, -0.1) is 0 Å². The van der Waals surface area contributed by atoms with Gasteiger partial charge >= 0.3 is 0 Å². The maximum atomic E-state index is 13.3. The molecule has 1 saturated heterocycles. The lowest BCUT2D eigenvalue weighted by Crippen LogP contribution is -2.45. The molecule has 1 fully saturated rings. The fraction of sp³-hybridized carbons (Fsp3) is 0.320. The Bertz CT molecular complexity index is 1240. The summed E-state index contributed by atoms with van der Waals surface area (Å²) in [6.45, 7) is 0.795. The van der Waals surface area contributed by atoms with Crippen LogP contribution in [-0.4, -0.2) is 45.9 Å². The monoisotopic (exact) mass is 468 g/mol. The van der Waals surface area contributed by atoms with Crippen LogP contribution in [0, 0.1) is 5.92 Å². The molecule has 3 aromatic rings. The first-order chi connectivity index (χ1) is 15.9. The van der Waals surface area contributed by atoms with Gasteiger partial charge in [0.05, 0.1) is 37.1 Å². The molecule has 0 spiro atoms. The Morgan fingerprint density at radius 1 is 1.00 bits per heavy atom. The van der Waals surface area contributed by atoms with Crippen LogP contribution in [0.1, 0.15) is 18.4 Å². The number of sulfonamides is 1. The van der Waals surface area contributed by atoms with Crippen LogP contribution in [0.5, 0.6) is 11.5 Å². The second-order valence-electron chi connectivity index (χ2n) is 8.07. The zero-order chi connectivity index (χ0) is 23.4. The quantitative estimate of drug-likeness (QED) is 0.573. The third kappa shape index (κ3) is 4.82. The molecule has 3 aromatic carbocycles. The maximum Gasteiger partial charge on any atom is 0.243 e. The number of ether oxygens (including phenoxy) is 2. The highest BCUT2D eigenvalue weighted by Gasteiger charge is 2.33. The van der Waals surface area contributed by atoms with Gasteiger partial charge in [0.1, 0.15) is 11.5 Å². The smallest absolute Gasteiger partial charge is 0.243 e. The molecule has 174 valence electrons. The van der Waals surface area contributed by atoms with E-state index in [9.17, 15) is 13.2 Å². The number of carbonyl (C=O) groups excluding carboxylic acids is 1. The van der Waals surface area contributed by atoms with Crippen molar-refractivity contribution in [3.05, 3.63) is 66.2 Å². The molecule has 1 atom stereocenters. The lowest BCUT2D eigenvalue weighted by Gasteiger charge is -2.31. The molecule has 33 heavy (non-hydrogen) atoms. The number of benzene rings is 3. The highest BCUT2D eigenvalue weighted by molar-refractivity contribution is 7.89. The minimum absolute atomic E-state index is 0.157. The number of rotatable bonds is 7. The van der Waals surface area contributed by atoms with Crippen LogP contribution in [0.2, 0.25) is 0 Å². The molecule has 1 amide bonds. The van der Waals surface area contributed by atoms with Gasteiger partial charge in [-0.1, -0.05) is 36.4 Å². The number of nitrogens with zero attached hydrogens (tertiary/aromatic N) is 1. The summed E-state index contributed by atoms with van der Waals surface area (Å²) in [5.74, 6) is 0.647. The second kappa shape index (κ2) is 9.80. The van der Waals surface area contributed by atoms with Crippen molar-refractivity contribution in [2.75, 3.05) is 27.3 Å². The Kier molecular flexibility index (Phi) is 6.85. The Morgan fingerprint density at radius 2 is 1.70 bits per heavy atom. The summed E-state index contributed by atoms with van der Waals surface area (Å²) in [7, 11) is -0.563. The van der Waals surface area contributed by atoms with Crippen molar-refractivity contribution in [3.8, 4) is 11.5 Å². The van der Waals surface area contributed by atoms with Crippen LogP contribution >= 0.6 is 0 Å². The minimum atomic E-state index is -3.70. The maximum absolute atomic E-state index is 13.3. The number of fused-ring (bicyclic) bond motifs is 1. The van der Waals surface area contributed by atoms with E-state index in [2.05, 4.69) is 5.32 Å². The summed E-state index contributed by atoms with van der Waals surface area (Å²) in [6.07, 6.45) is 1.27. The summed E-state index contributed by atoms with van der Waals surface area (Å²) in [6, 6.07) is 18.2. The van der Waals surface area contributed by atoms with E-state index in [1.807, 2.05) is 48.5 Å². The molecule has 7 nitrogen and oxygen atoms in total. The molecule has 8 heteroatoms. The van der Waals surface area contributed by atoms with Crippen LogP contribution in [0.15, 0.2) is 65.6 Å². The van der Waals surface area contributed by atoms with Crippen molar-refractivity contribution in [2.45, 2.75) is 24.3 Å². The van der Waals surface area contributed by atoms with Gasteiger partial charge in [-0.2, -0.15) is 4.31 Å². The van der Waals surface area contributed by atoms with Gasteiger partial charge in [0.2, 0.25) is 15.9 Å². The van der Waals surface area contributed by atoms with Crippen molar-refractivity contribution in [1.29, 1.82) is 0 Å². The first kappa shape index (κ1) is 23.1. The van der Waals surface area contributed by atoms with Crippen LogP contribution in [0.4, 0.5) is 0 Å². The van der Waals surface area contributed by atoms with Gasteiger partial charge in [-0.3, -0.25) is 4.79 Å². The van der Waals surface area contributed by atoms with Crippen LogP contribution < -0.4 is 14.8 Å². The van der Waals surface area contributed by atoms with E-state index in [0.29, 0.717) is 30.9 Å². The number of hydrogen-bond acceptors (Lipinski definition) is 5. The highest BCUT2D eigenvalue weighted by Crippen LogP contribution is 2.29. The molecule has 0 saturated carbocycles. The van der Waals surface area contributed by atoms with Crippen molar-refractivity contribution in [2.24, 2.45) is 5.92 Å². The molecular formula is C25H28N2O5S. The van der Waals surface area contributed by atoms with Gasteiger partial charge in [-0.25, -0.2) is 8.42 Å². The average molecular weight is 469 g/mol. The predicted octanol–water partition coefficient (Wildman–Crippen LogP) is 3.57. The zero-order valence-corrected chi connectivity index (χ0v) is 19.6. The molecule has 0 aromatic heterocycles. The van der Waals surface area contributed by atoms with E-state index in [1.165, 1.54) is 4.31 Å². The normalized spacial score (nSPS) is 17.0. The molecule has 1 heterocycles. The summed E-state index contributed by atoms with van der Waals surface area (Å²) in [5.41, 5.74) is 0.743. The number of methoxy groups -OCH3 is 2. The van der Waals surface area contributed by atoms with Crippen LogP contribution in [0.3, 0.4) is 0 Å². The Balaban J connectivity index is 1.47. The number of carbonyl (C=O) groups is 1. The van der Waals surface area contributed by atoms with E-state index in [-0.39, 0.29) is 23.9 Å². The zero-order valence-electron chi connectivity index (χ0n) is 18.8. The standard InChI is InChI=1S/C25H28N2O5S/c1-31-23-10-5-11-24(32-2)22(23)16-26-25(28)20-9-6-14-27(17-20)33(29,30)21-13-12-18-7-3-4-8-19(18)15-21/h3-5,7-8,10-13,15,20H,6,9,14,16-17H2,1-2H3,(H,26,28)/t20-/m1/s1. The third-order valence-electron chi connectivity index (χ3n) is 6.08. The Hall–Kier alpha value is -3.10. The SMILES string of the molecule is COc1cccc(OC)c1CNC(=O)[C@@H]1CCCN(S(=O)(=O)c2ccc3ccccc3c2)C1. The van der Waals surface area contributed by atoms with E-state index >= 15 is 0 Å². The molecule has 1 aliphatic heterocycles. The Labute approximate surface area is 194 Å². The number of nitrogens with one attached hydrogen (secondary N) is 1. The fourth-order valence-electron chi connectivity index (χ4n) is 4.27. The van der Waals surface area contributed by atoms with Gasteiger partial charge in [-0.05, 0) is 47.9 Å². The van der Waals surface area contributed by atoms with Crippen LogP contribution in [0.25, 0.3) is 10.8 Å². The molecule has 4 rings (SSSR count). The number of amides is 1. The van der Waals surface area contributed by atoms with Gasteiger partial charge in [0, 0.05) is 13.1 Å². The largest absolute Gasteiger partial charge is 0.496 e. The lowest BCUT2D eigenvalue weighted by atomic mass is 9.98. The van der Waals surface area contributed by atoms with Crippen molar-refractivity contribution < 1.29 is 22.7 Å². The molecule has 0 bridgehead atoms. The van der Waals surface area contributed by atoms with Crippen molar-refractivity contribution >= 4 is 26.7 Å². The third-order valence-corrected chi connectivity index (χ3v) is 7.94. The minimum Gasteiger partial charge on any atom is -0.496 e. The topological polar surface area (TPSA) is 84.9 Å².